The Morgan fingerprint density at radius 1 is 1.41 bits per heavy atom. The SMILES string of the molecule is O=C1CCC2CN(c3ccncc3F)CCN12. The van der Waals surface area contributed by atoms with Gasteiger partial charge in [-0.15, -0.1) is 0 Å². The van der Waals surface area contributed by atoms with Crippen LogP contribution in [0.3, 0.4) is 0 Å². The standard InChI is InChI=1S/C12H14FN3O/c13-10-7-14-4-3-11(10)15-5-6-16-9(8-15)1-2-12(16)17/h3-4,7,9H,1-2,5-6,8H2. The Morgan fingerprint density at radius 2 is 2.29 bits per heavy atom. The number of halogens is 1. The summed E-state index contributed by atoms with van der Waals surface area (Å²) in [4.78, 5) is 19.2. The maximum Gasteiger partial charge on any atom is 0.223 e. The van der Waals surface area contributed by atoms with E-state index in [4.69, 9.17) is 0 Å². The van der Waals surface area contributed by atoms with E-state index in [1.807, 2.05) is 9.80 Å². The summed E-state index contributed by atoms with van der Waals surface area (Å²) >= 11 is 0. The van der Waals surface area contributed by atoms with Gasteiger partial charge in [-0.05, 0) is 12.5 Å². The fourth-order valence-electron chi connectivity index (χ4n) is 2.71. The van der Waals surface area contributed by atoms with Crippen LogP contribution in [0, 0.1) is 5.82 Å². The molecule has 0 aliphatic carbocycles. The van der Waals surface area contributed by atoms with Crippen molar-refractivity contribution in [2.45, 2.75) is 18.9 Å². The predicted octanol–water partition coefficient (Wildman–Crippen LogP) is 1.03. The molecule has 2 aliphatic rings. The Kier molecular flexibility index (Phi) is 2.46. The Hall–Kier alpha value is -1.65. The molecule has 2 fully saturated rings. The van der Waals surface area contributed by atoms with Gasteiger partial charge in [-0.2, -0.15) is 0 Å². The number of carbonyl (C=O) groups is 1. The second kappa shape index (κ2) is 3.98. The quantitative estimate of drug-likeness (QED) is 0.729. The molecule has 1 aromatic heterocycles. The fourth-order valence-corrected chi connectivity index (χ4v) is 2.71. The highest BCUT2D eigenvalue weighted by atomic mass is 19.1. The summed E-state index contributed by atoms with van der Waals surface area (Å²) in [5, 5.41) is 0. The first kappa shape index (κ1) is 10.5. The second-order valence-corrected chi connectivity index (χ2v) is 4.55. The van der Waals surface area contributed by atoms with Crippen LogP contribution in [-0.2, 0) is 4.79 Å². The van der Waals surface area contributed by atoms with Crippen LogP contribution in [-0.4, -0.2) is 41.5 Å². The molecule has 0 N–H and O–H groups in total. The van der Waals surface area contributed by atoms with E-state index in [0.29, 0.717) is 25.2 Å². The molecule has 2 aliphatic heterocycles. The zero-order valence-corrected chi connectivity index (χ0v) is 9.47. The topological polar surface area (TPSA) is 36.4 Å². The number of carbonyl (C=O) groups excluding carboxylic acids is 1. The van der Waals surface area contributed by atoms with E-state index in [-0.39, 0.29) is 17.8 Å². The minimum atomic E-state index is -0.287. The number of aromatic nitrogens is 1. The average Bonchev–Trinajstić information content (AvgIpc) is 2.71. The van der Waals surface area contributed by atoms with E-state index in [2.05, 4.69) is 4.98 Å². The van der Waals surface area contributed by atoms with E-state index in [9.17, 15) is 9.18 Å². The van der Waals surface area contributed by atoms with Gasteiger partial charge >= 0.3 is 0 Å². The maximum absolute atomic E-state index is 13.6. The summed E-state index contributed by atoms with van der Waals surface area (Å²) in [5.74, 6) is -0.0462. The van der Waals surface area contributed by atoms with Gasteiger partial charge in [-0.25, -0.2) is 4.39 Å². The number of piperazine rings is 1. The third-order valence-corrected chi connectivity index (χ3v) is 3.59. The summed E-state index contributed by atoms with van der Waals surface area (Å²) in [6.45, 7) is 2.13. The summed E-state index contributed by atoms with van der Waals surface area (Å²) in [5.41, 5.74) is 0.596. The van der Waals surface area contributed by atoms with Crippen molar-refractivity contribution in [2.75, 3.05) is 24.5 Å². The first-order valence-electron chi connectivity index (χ1n) is 5.89. The average molecular weight is 235 g/mol. The molecule has 0 bridgehead atoms. The lowest BCUT2D eigenvalue weighted by atomic mass is 10.1. The molecular formula is C12H14FN3O. The third-order valence-electron chi connectivity index (χ3n) is 3.59. The normalized spacial score (nSPS) is 24.1. The summed E-state index contributed by atoms with van der Waals surface area (Å²) in [7, 11) is 0. The van der Waals surface area contributed by atoms with E-state index >= 15 is 0 Å². The molecule has 0 radical (unpaired) electrons. The van der Waals surface area contributed by atoms with Crippen molar-refractivity contribution in [3.63, 3.8) is 0 Å². The minimum Gasteiger partial charge on any atom is -0.365 e. The van der Waals surface area contributed by atoms with Crippen molar-refractivity contribution >= 4 is 11.6 Å². The number of nitrogens with zero attached hydrogens (tertiary/aromatic N) is 3. The Bertz CT molecular complexity index is 451. The number of hydrogen-bond acceptors (Lipinski definition) is 3. The lowest BCUT2D eigenvalue weighted by Gasteiger charge is -2.38. The van der Waals surface area contributed by atoms with Gasteiger partial charge in [0, 0.05) is 38.3 Å². The van der Waals surface area contributed by atoms with Gasteiger partial charge in [-0.1, -0.05) is 0 Å². The monoisotopic (exact) mass is 235 g/mol. The summed E-state index contributed by atoms with van der Waals surface area (Å²) in [6, 6.07) is 1.95. The van der Waals surface area contributed by atoms with Crippen LogP contribution >= 0.6 is 0 Å². The van der Waals surface area contributed by atoms with Crippen molar-refractivity contribution < 1.29 is 9.18 Å². The molecule has 0 spiro atoms. The fraction of sp³-hybridized carbons (Fsp3) is 0.500. The van der Waals surface area contributed by atoms with Gasteiger partial charge in [0.15, 0.2) is 5.82 Å². The second-order valence-electron chi connectivity index (χ2n) is 4.55. The van der Waals surface area contributed by atoms with E-state index < -0.39 is 0 Å². The molecule has 1 unspecified atom stereocenters. The maximum atomic E-state index is 13.6. The molecule has 1 atom stereocenters. The predicted molar refractivity (Wildman–Crippen MR) is 61.1 cm³/mol. The van der Waals surface area contributed by atoms with Gasteiger partial charge in [0.2, 0.25) is 5.91 Å². The largest absolute Gasteiger partial charge is 0.365 e. The molecule has 0 aromatic carbocycles. The number of amides is 1. The molecule has 3 heterocycles. The lowest BCUT2D eigenvalue weighted by Crippen LogP contribution is -2.51. The van der Waals surface area contributed by atoms with Gasteiger partial charge in [0.1, 0.15) is 0 Å². The van der Waals surface area contributed by atoms with Gasteiger partial charge in [0.05, 0.1) is 11.9 Å². The molecule has 1 aromatic rings. The highest BCUT2D eigenvalue weighted by molar-refractivity contribution is 5.79. The summed E-state index contributed by atoms with van der Waals surface area (Å²) < 4.78 is 13.6. The van der Waals surface area contributed by atoms with Crippen LogP contribution in [0.5, 0.6) is 0 Å². The van der Waals surface area contributed by atoms with Crippen LogP contribution in [0.2, 0.25) is 0 Å². The van der Waals surface area contributed by atoms with Crippen LogP contribution < -0.4 is 4.90 Å². The molecule has 17 heavy (non-hydrogen) atoms. The molecule has 0 saturated carbocycles. The van der Waals surface area contributed by atoms with Gasteiger partial charge in [0.25, 0.3) is 0 Å². The van der Waals surface area contributed by atoms with Crippen LogP contribution in [0.25, 0.3) is 0 Å². The zero-order valence-electron chi connectivity index (χ0n) is 9.47. The summed E-state index contributed by atoms with van der Waals surface area (Å²) in [6.07, 6.45) is 4.37. The van der Waals surface area contributed by atoms with Crippen LogP contribution in [0.15, 0.2) is 18.5 Å². The molecule has 5 heteroatoms. The molecule has 3 rings (SSSR count). The van der Waals surface area contributed by atoms with Crippen molar-refractivity contribution in [3.8, 4) is 0 Å². The Labute approximate surface area is 99.0 Å². The number of fused-ring (bicyclic) bond motifs is 1. The molecule has 1 amide bonds. The highest BCUT2D eigenvalue weighted by Crippen LogP contribution is 2.27. The molecule has 90 valence electrons. The molecule has 4 nitrogen and oxygen atoms in total. The number of hydrogen-bond donors (Lipinski definition) is 0. The zero-order chi connectivity index (χ0) is 11.8. The highest BCUT2D eigenvalue weighted by Gasteiger charge is 2.35. The van der Waals surface area contributed by atoms with Crippen molar-refractivity contribution in [1.82, 2.24) is 9.88 Å². The first-order valence-corrected chi connectivity index (χ1v) is 5.89. The van der Waals surface area contributed by atoms with Crippen molar-refractivity contribution in [1.29, 1.82) is 0 Å². The lowest BCUT2D eigenvalue weighted by molar-refractivity contribution is -0.129. The van der Waals surface area contributed by atoms with Crippen LogP contribution in [0.1, 0.15) is 12.8 Å². The van der Waals surface area contributed by atoms with Crippen molar-refractivity contribution in [3.05, 3.63) is 24.3 Å². The van der Waals surface area contributed by atoms with Gasteiger partial charge < -0.3 is 9.80 Å². The number of anilines is 1. The van der Waals surface area contributed by atoms with Crippen LogP contribution in [0.4, 0.5) is 10.1 Å². The third kappa shape index (κ3) is 1.75. The molecule has 2 saturated heterocycles. The smallest absolute Gasteiger partial charge is 0.223 e. The van der Waals surface area contributed by atoms with E-state index in [1.54, 1.807) is 12.3 Å². The Balaban J connectivity index is 1.80. The minimum absolute atomic E-state index is 0.241. The number of pyridine rings is 1. The van der Waals surface area contributed by atoms with Crippen molar-refractivity contribution in [2.24, 2.45) is 0 Å². The Morgan fingerprint density at radius 3 is 3.12 bits per heavy atom. The number of rotatable bonds is 1. The van der Waals surface area contributed by atoms with E-state index in [1.165, 1.54) is 6.20 Å². The van der Waals surface area contributed by atoms with E-state index in [0.717, 1.165) is 13.0 Å². The first-order chi connectivity index (χ1) is 8.25. The molecular weight excluding hydrogens is 221 g/mol. The van der Waals surface area contributed by atoms with Gasteiger partial charge in [-0.3, -0.25) is 9.78 Å².